The fourth-order valence-corrected chi connectivity index (χ4v) is 3.91. The van der Waals surface area contributed by atoms with Crippen molar-refractivity contribution in [2.24, 2.45) is 0 Å². The molecule has 2 heterocycles. The van der Waals surface area contributed by atoms with Crippen LogP contribution in [-0.4, -0.2) is 23.6 Å². The molecule has 0 saturated heterocycles. The summed E-state index contributed by atoms with van der Waals surface area (Å²) in [5.41, 5.74) is 10.0. The number of sulfonamides is 1. The molecule has 7 nitrogen and oxygen atoms in total. The Bertz CT molecular complexity index is 1200. The number of nitrogens with one attached hydrogen (secondary N) is 2. The summed E-state index contributed by atoms with van der Waals surface area (Å²) in [5.74, 6) is 0. The second-order valence-electron chi connectivity index (χ2n) is 6.15. The van der Waals surface area contributed by atoms with Crippen molar-refractivity contribution in [3.05, 3.63) is 79.3 Å². The predicted molar refractivity (Wildman–Crippen MR) is 109 cm³/mol. The van der Waals surface area contributed by atoms with Gasteiger partial charge in [-0.05, 0) is 54.1 Å². The van der Waals surface area contributed by atoms with Crippen LogP contribution in [0.25, 0.3) is 22.4 Å². The monoisotopic (exact) mass is 391 g/mol. The van der Waals surface area contributed by atoms with E-state index in [-0.39, 0.29) is 4.90 Å². The number of hydrogen-bond acceptors (Lipinski definition) is 5. The topological polar surface area (TPSA) is 114 Å². The molecule has 140 valence electrons. The number of nitrogens with two attached hydrogens (primary N) is 1. The van der Waals surface area contributed by atoms with Gasteiger partial charge in [-0.1, -0.05) is 12.1 Å². The van der Waals surface area contributed by atoms with Gasteiger partial charge in [-0.15, -0.1) is 0 Å². The Kier molecular flexibility index (Phi) is 4.54. The Morgan fingerprint density at radius 3 is 2.43 bits per heavy atom. The average molecular weight is 391 g/mol. The Hall–Kier alpha value is -3.65. The van der Waals surface area contributed by atoms with Crippen LogP contribution in [0.3, 0.4) is 0 Å². The summed E-state index contributed by atoms with van der Waals surface area (Å²) < 4.78 is 27.8. The predicted octanol–water partition coefficient (Wildman–Crippen LogP) is 3.52. The number of H-pyrrole nitrogens is 1. The van der Waals surface area contributed by atoms with Gasteiger partial charge in [-0.3, -0.25) is 14.8 Å². The lowest BCUT2D eigenvalue weighted by Crippen LogP contribution is -2.12. The molecule has 0 aliphatic carbocycles. The second kappa shape index (κ2) is 7.16. The van der Waals surface area contributed by atoms with Crippen LogP contribution in [0.4, 0.5) is 11.4 Å². The highest BCUT2D eigenvalue weighted by Gasteiger charge is 2.15. The second-order valence-corrected chi connectivity index (χ2v) is 7.83. The van der Waals surface area contributed by atoms with E-state index in [1.165, 1.54) is 12.1 Å². The third-order valence-corrected chi connectivity index (χ3v) is 5.62. The van der Waals surface area contributed by atoms with Crippen LogP contribution >= 0.6 is 0 Å². The molecule has 0 saturated carbocycles. The van der Waals surface area contributed by atoms with Gasteiger partial charge in [0, 0.05) is 34.9 Å². The lowest BCUT2D eigenvalue weighted by Gasteiger charge is -2.10. The highest BCUT2D eigenvalue weighted by atomic mass is 32.2. The molecule has 0 amide bonds. The van der Waals surface area contributed by atoms with Crippen LogP contribution in [0.5, 0.6) is 0 Å². The van der Waals surface area contributed by atoms with Crippen molar-refractivity contribution in [2.75, 3.05) is 10.5 Å². The molecule has 0 aliphatic heterocycles. The molecule has 0 aliphatic rings. The van der Waals surface area contributed by atoms with Gasteiger partial charge < -0.3 is 5.73 Å². The Labute approximate surface area is 162 Å². The van der Waals surface area contributed by atoms with E-state index in [1.807, 2.05) is 18.2 Å². The largest absolute Gasteiger partial charge is 0.399 e. The van der Waals surface area contributed by atoms with Gasteiger partial charge in [0.2, 0.25) is 0 Å². The number of aromatic amines is 1. The molecule has 4 N–H and O–H groups in total. The molecule has 0 atom stereocenters. The van der Waals surface area contributed by atoms with Gasteiger partial charge >= 0.3 is 0 Å². The molecule has 2 aromatic heterocycles. The number of hydrogen-bond donors (Lipinski definition) is 3. The van der Waals surface area contributed by atoms with E-state index in [9.17, 15) is 8.42 Å². The summed E-state index contributed by atoms with van der Waals surface area (Å²) in [5, 5.41) is 7.13. The Morgan fingerprint density at radius 2 is 1.68 bits per heavy atom. The molecule has 8 heteroatoms. The van der Waals surface area contributed by atoms with Gasteiger partial charge in [-0.2, -0.15) is 5.10 Å². The molecule has 28 heavy (non-hydrogen) atoms. The Morgan fingerprint density at radius 1 is 0.929 bits per heavy atom. The molecule has 0 unspecified atom stereocenters. The number of pyridine rings is 1. The van der Waals surface area contributed by atoms with E-state index in [1.54, 1.807) is 48.9 Å². The molecule has 0 spiro atoms. The van der Waals surface area contributed by atoms with Crippen molar-refractivity contribution in [3.63, 3.8) is 0 Å². The minimum Gasteiger partial charge on any atom is -0.399 e. The van der Waals surface area contributed by atoms with E-state index in [0.29, 0.717) is 11.4 Å². The van der Waals surface area contributed by atoms with Crippen molar-refractivity contribution < 1.29 is 8.42 Å². The molecule has 2 aromatic carbocycles. The van der Waals surface area contributed by atoms with E-state index in [4.69, 9.17) is 5.73 Å². The highest BCUT2D eigenvalue weighted by molar-refractivity contribution is 7.92. The minimum absolute atomic E-state index is 0.145. The van der Waals surface area contributed by atoms with E-state index >= 15 is 0 Å². The quantitative estimate of drug-likeness (QED) is 0.450. The van der Waals surface area contributed by atoms with Crippen LogP contribution in [-0.2, 0) is 10.0 Å². The Balaban J connectivity index is 1.66. The number of nitrogens with zero attached hydrogens (tertiary/aromatic N) is 2. The van der Waals surface area contributed by atoms with Crippen LogP contribution < -0.4 is 10.5 Å². The van der Waals surface area contributed by atoms with Crippen LogP contribution in [0.2, 0.25) is 0 Å². The van der Waals surface area contributed by atoms with Gasteiger partial charge in [0.05, 0.1) is 16.8 Å². The van der Waals surface area contributed by atoms with Gasteiger partial charge in [0.15, 0.2) is 0 Å². The van der Waals surface area contributed by atoms with Gasteiger partial charge in [0.1, 0.15) is 0 Å². The first-order valence-corrected chi connectivity index (χ1v) is 9.94. The molecule has 0 bridgehead atoms. The van der Waals surface area contributed by atoms with Crippen LogP contribution in [0.15, 0.2) is 84.1 Å². The summed E-state index contributed by atoms with van der Waals surface area (Å²) in [6, 6.07) is 17.0. The number of aromatic nitrogens is 3. The van der Waals surface area contributed by atoms with Crippen LogP contribution in [0, 0.1) is 0 Å². The van der Waals surface area contributed by atoms with Crippen molar-refractivity contribution in [1.82, 2.24) is 15.2 Å². The van der Waals surface area contributed by atoms with Crippen molar-refractivity contribution >= 4 is 21.4 Å². The summed E-state index contributed by atoms with van der Waals surface area (Å²) in [4.78, 5) is 4.18. The van der Waals surface area contributed by atoms with Crippen molar-refractivity contribution in [2.45, 2.75) is 4.90 Å². The number of benzene rings is 2. The molecular formula is C20H17N5O2S. The maximum Gasteiger partial charge on any atom is 0.261 e. The molecule has 0 fully saturated rings. The molecule has 4 aromatic rings. The summed E-state index contributed by atoms with van der Waals surface area (Å²) >= 11 is 0. The van der Waals surface area contributed by atoms with E-state index in [0.717, 1.165) is 22.4 Å². The normalized spacial score (nSPS) is 11.3. The fraction of sp³-hybridized carbons (Fsp3) is 0. The molecule has 0 radical (unpaired) electrons. The smallest absolute Gasteiger partial charge is 0.261 e. The summed E-state index contributed by atoms with van der Waals surface area (Å²) in [6.07, 6.45) is 5.16. The average Bonchev–Trinajstić information content (AvgIpc) is 3.19. The minimum atomic E-state index is -3.72. The molecule has 4 rings (SSSR count). The maximum absolute atomic E-state index is 12.6. The fourth-order valence-electron chi connectivity index (χ4n) is 2.86. The summed E-state index contributed by atoms with van der Waals surface area (Å²) in [6.45, 7) is 0. The van der Waals surface area contributed by atoms with Crippen molar-refractivity contribution in [3.8, 4) is 22.4 Å². The summed E-state index contributed by atoms with van der Waals surface area (Å²) in [7, 11) is -3.72. The van der Waals surface area contributed by atoms with E-state index < -0.39 is 10.0 Å². The zero-order valence-corrected chi connectivity index (χ0v) is 15.5. The molecular weight excluding hydrogens is 374 g/mol. The van der Waals surface area contributed by atoms with Gasteiger partial charge in [-0.25, -0.2) is 8.42 Å². The third-order valence-electron chi connectivity index (χ3n) is 4.22. The van der Waals surface area contributed by atoms with E-state index in [2.05, 4.69) is 19.9 Å². The first kappa shape index (κ1) is 17.7. The lowest BCUT2D eigenvalue weighted by molar-refractivity contribution is 0.601. The highest BCUT2D eigenvalue weighted by Crippen LogP contribution is 2.31. The zero-order valence-electron chi connectivity index (χ0n) is 14.7. The van der Waals surface area contributed by atoms with Crippen molar-refractivity contribution in [1.29, 1.82) is 0 Å². The first-order valence-electron chi connectivity index (χ1n) is 8.45. The lowest BCUT2D eigenvalue weighted by atomic mass is 10.0. The zero-order chi connectivity index (χ0) is 19.6. The number of nitrogen functional groups attached to an aromatic ring is 1. The first-order chi connectivity index (χ1) is 13.5. The number of rotatable bonds is 5. The van der Waals surface area contributed by atoms with Crippen LogP contribution in [0.1, 0.15) is 0 Å². The van der Waals surface area contributed by atoms with Gasteiger partial charge in [0.25, 0.3) is 10.0 Å². The number of anilines is 2. The maximum atomic E-state index is 12.6. The third kappa shape index (κ3) is 3.58. The standard InChI is InChI=1S/C20H17N5O2S/c21-16-4-6-18(7-5-16)28(26,27)25-17-3-1-2-15(12-17)20-19(13-23-24-20)14-8-10-22-11-9-14/h1-13,25H,21H2,(H,23,24). The SMILES string of the molecule is Nc1ccc(S(=O)(=O)Nc2cccc(-c3[nH]ncc3-c3ccncc3)c2)cc1.